The third-order valence-corrected chi connectivity index (χ3v) is 3.12. The lowest BCUT2D eigenvalue weighted by atomic mass is 9.88. The summed E-state index contributed by atoms with van der Waals surface area (Å²) in [5, 5.41) is 0. The van der Waals surface area contributed by atoms with E-state index >= 15 is 0 Å². The summed E-state index contributed by atoms with van der Waals surface area (Å²) in [6.45, 7) is 4.44. The van der Waals surface area contributed by atoms with Crippen LogP contribution in [-0.2, 0) is 4.79 Å². The van der Waals surface area contributed by atoms with E-state index in [0.717, 1.165) is 6.42 Å². The number of rotatable bonds is 3. The molecular weight excluding hydrogens is 150 g/mol. The average Bonchev–Trinajstić information content (AvgIpc) is 2.68. The Morgan fingerprint density at radius 3 is 2.17 bits per heavy atom. The second-order valence-corrected chi connectivity index (χ2v) is 4.48. The molecule has 1 aliphatic rings. The van der Waals surface area contributed by atoms with Crippen LogP contribution < -0.4 is 0 Å². The van der Waals surface area contributed by atoms with Gasteiger partial charge in [0.15, 0.2) is 0 Å². The van der Waals surface area contributed by atoms with Gasteiger partial charge in [0, 0.05) is 20.5 Å². The Bertz CT molecular complexity index is 180. The Morgan fingerprint density at radius 1 is 1.42 bits per heavy atom. The summed E-state index contributed by atoms with van der Waals surface area (Å²) in [7, 11) is 3.66. The summed E-state index contributed by atoms with van der Waals surface area (Å²) in [5.41, 5.74) is 0.362. The molecule has 1 amide bonds. The molecule has 0 aromatic carbocycles. The molecule has 0 saturated heterocycles. The number of hydrogen-bond acceptors (Lipinski definition) is 1. The van der Waals surface area contributed by atoms with Gasteiger partial charge in [-0.25, -0.2) is 0 Å². The van der Waals surface area contributed by atoms with Crippen LogP contribution in [-0.4, -0.2) is 24.9 Å². The van der Waals surface area contributed by atoms with E-state index in [2.05, 4.69) is 13.8 Å². The Hall–Kier alpha value is -0.530. The zero-order valence-electron chi connectivity index (χ0n) is 8.55. The summed E-state index contributed by atoms with van der Waals surface area (Å²) in [5.74, 6) is 0.933. The van der Waals surface area contributed by atoms with E-state index in [-0.39, 0.29) is 5.91 Å². The average molecular weight is 169 g/mol. The van der Waals surface area contributed by atoms with Crippen LogP contribution in [0.5, 0.6) is 0 Å². The second kappa shape index (κ2) is 3.08. The lowest BCUT2D eigenvalue weighted by molar-refractivity contribution is -0.130. The minimum absolute atomic E-state index is 0.279. The van der Waals surface area contributed by atoms with Crippen LogP contribution >= 0.6 is 0 Å². The summed E-state index contributed by atoms with van der Waals surface area (Å²) in [4.78, 5) is 13.1. The van der Waals surface area contributed by atoms with Crippen molar-refractivity contribution in [2.45, 2.75) is 33.1 Å². The molecule has 1 saturated carbocycles. The van der Waals surface area contributed by atoms with E-state index in [9.17, 15) is 4.79 Å². The van der Waals surface area contributed by atoms with Gasteiger partial charge in [-0.15, -0.1) is 0 Å². The van der Waals surface area contributed by atoms with E-state index in [4.69, 9.17) is 0 Å². The quantitative estimate of drug-likeness (QED) is 0.632. The fourth-order valence-electron chi connectivity index (χ4n) is 1.58. The van der Waals surface area contributed by atoms with Gasteiger partial charge in [-0.2, -0.15) is 0 Å². The van der Waals surface area contributed by atoms with Crippen molar-refractivity contribution in [3.8, 4) is 0 Å². The number of carbonyl (C=O) groups is 1. The zero-order valence-corrected chi connectivity index (χ0v) is 8.55. The third kappa shape index (κ3) is 1.79. The maximum Gasteiger partial charge on any atom is 0.222 e. The van der Waals surface area contributed by atoms with E-state index in [1.807, 2.05) is 14.1 Å². The molecule has 0 aromatic heterocycles. The van der Waals surface area contributed by atoms with Gasteiger partial charge in [-0.1, -0.05) is 13.8 Å². The van der Waals surface area contributed by atoms with Crippen molar-refractivity contribution in [2.75, 3.05) is 14.1 Å². The van der Waals surface area contributed by atoms with Gasteiger partial charge in [0.1, 0.15) is 0 Å². The molecule has 0 spiro atoms. The molecule has 0 radical (unpaired) electrons. The number of nitrogens with zero attached hydrogens (tertiary/aromatic N) is 1. The number of carbonyl (C=O) groups excluding carboxylic acids is 1. The first kappa shape index (κ1) is 9.56. The molecule has 12 heavy (non-hydrogen) atoms. The van der Waals surface area contributed by atoms with Gasteiger partial charge in [-0.3, -0.25) is 4.79 Å². The monoisotopic (exact) mass is 169 g/mol. The molecule has 0 bridgehead atoms. The van der Waals surface area contributed by atoms with Crippen molar-refractivity contribution in [3.05, 3.63) is 0 Å². The SMILES string of the molecule is CC(C)C1(CC(=O)N(C)C)CC1. The van der Waals surface area contributed by atoms with Gasteiger partial charge in [-0.05, 0) is 24.2 Å². The largest absolute Gasteiger partial charge is 0.349 e. The molecule has 0 aliphatic heterocycles. The summed E-state index contributed by atoms with van der Waals surface area (Å²) in [6, 6.07) is 0. The number of hydrogen-bond donors (Lipinski definition) is 0. The first-order valence-corrected chi connectivity index (χ1v) is 4.68. The maximum atomic E-state index is 11.4. The molecule has 0 atom stereocenters. The van der Waals surface area contributed by atoms with Gasteiger partial charge in [0.2, 0.25) is 5.91 Å². The molecule has 0 unspecified atom stereocenters. The first-order chi connectivity index (χ1) is 5.48. The van der Waals surface area contributed by atoms with Crippen LogP contribution in [0.15, 0.2) is 0 Å². The van der Waals surface area contributed by atoms with Crippen LogP contribution in [0.4, 0.5) is 0 Å². The lowest BCUT2D eigenvalue weighted by Crippen LogP contribution is -2.26. The highest BCUT2D eigenvalue weighted by atomic mass is 16.2. The minimum atomic E-state index is 0.279. The van der Waals surface area contributed by atoms with Crippen molar-refractivity contribution in [1.82, 2.24) is 4.90 Å². The lowest BCUT2D eigenvalue weighted by Gasteiger charge is -2.20. The van der Waals surface area contributed by atoms with Gasteiger partial charge < -0.3 is 4.90 Å². The normalized spacial score (nSPS) is 19.4. The van der Waals surface area contributed by atoms with Gasteiger partial charge in [0.05, 0.1) is 0 Å². The molecule has 2 heteroatoms. The minimum Gasteiger partial charge on any atom is -0.349 e. The molecule has 1 rings (SSSR count). The fraction of sp³-hybridized carbons (Fsp3) is 0.900. The Balaban J connectivity index is 2.46. The summed E-state index contributed by atoms with van der Waals surface area (Å²) < 4.78 is 0. The molecule has 70 valence electrons. The topological polar surface area (TPSA) is 20.3 Å². The van der Waals surface area contributed by atoms with Crippen LogP contribution in [0.1, 0.15) is 33.1 Å². The highest BCUT2D eigenvalue weighted by Crippen LogP contribution is 2.54. The van der Waals surface area contributed by atoms with Crippen LogP contribution in [0.25, 0.3) is 0 Å². The van der Waals surface area contributed by atoms with Crippen molar-refractivity contribution >= 4 is 5.91 Å². The van der Waals surface area contributed by atoms with E-state index < -0.39 is 0 Å². The molecular formula is C10H19NO. The Kier molecular flexibility index (Phi) is 2.45. The molecule has 0 aromatic rings. The highest BCUT2D eigenvalue weighted by molar-refractivity contribution is 5.76. The zero-order chi connectivity index (χ0) is 9.35. The Morgan fingerprint density at radius 2 is 1.92 bits per heavy atom. The molecule has 1 aliphatic carbocycles. The first-order valence-electron chi connectivity index (χ1n) is 4.68. The van der Waals surface area contributed by atoms with Crippen molar-refractivity contribution in [3.63, 3.8) is 0 Å². The predicted molar refractivity (Wildman–Crippen MR) is 49.8 cm³/mol. The van der Waals surface area contributed by atoms with Gasteiger partial charge in [0.25, 0.3) is 0 Å². The molecule has 1 fully saturated rings. The van der Waals surface area contributed by atoms with E-state index in [1.165, 1.54) is 12.8 Å². The van der Waals surface area contributed by atoms with Crippen LogP contribution in [0, 0.1) is 11.3 Å². The standard InChI is InChI=1S/C10H19NO/c1-8(2)10(5-6-10)7-9(12)11(3)4/h8H,5-7H2,1-4H3. The molecule has 0 N–H and O–H groups in total. The summed E-state index contributed by atoms with van der Waals surface area (Å²) in [6.07, 6.45) is 3.23. The van der Waals surface area contributed by atoms with Crippen LogP contribution in [0.3, 0.4) is 0 Å². The van der Waals surface area contributed by atoms with Crippen molar-refractivity contribution < 1.29 is 4.79 Å². The molecule has 0 heterocycles. The van der Waals surface area contributed by atoms with Gasteiger partial charge >= 0.3 is 0 Å². The second-order valence-electron chi connectivity index (χ2n) is 4.48. The smallest absolute Gasteiger partial charge is 0.222 e. The predicted octanol–water partition coefficient (Wildman–Crippen LogP) is 1.90. The third-order valence-electron chi connectivity index (χ3n) is 3.12. The van der Waals surface area contributed by atoms with Crippen LogP contribution in [0.2, 0.25) is 0 Å². The number of amides is 1. The highest BCUT2D eigenvalue weighted by Gasteiger charge is 2.46. The van der Waals surface area contributed by atoms with Crippen molar-refractivity contribution in [1.29, 1.82) is 0 Å². The molecule has 2 nitrogen and oxygen atoms in total. The Labute approximate surface area is 74.9 Å². The summed E-state index contributed by atoms with van der Waals surface area (Å²) >= 11 is 0. The van der Waals surface area contributed by atoms with E-state index in [1.54, 1.807) is 4.90 Å². The van der Waals surface area contributed by atoms with Crippen molar-refractivity contribution in [2.24, 2.45) is 11.3 Å². The maximum absolute atomic E-state index is 11.4. The van der Waals surface area contributed by atoms with E-state index in [0.29, 0.717) is 11.3 Å². The fourth-order valence-corrected chi connectivity index (χ4v) is 1.58.